The molecule has 9 heteroatoms. The zero-order valence-corrected chi connectivity index (χ0v) is 21.1. The van der Waals surface area contributed by atoms with Crippen molar-refractivity contribution in [2.75, 3.05) is 18.4 Å². The minimum Gasteiger partial charge on any atom is -0.444 e. The first-order valence-corrected chi connectivity index (χ1v) is 13.7. The Kier molecular flexibility index (Phi) is 6.94. The summed E-state index contributed by atoms with van der Waals surface area (Å²) in [5.74, 6) is 0.0129. The normalized spacial score (nSPS) is 18.6. The largest absolute Gasteiger partial charge is 0.444 e. The molecule has 0 spiro atoms. The zero-order chi connectivity index (χ0) is 24.5. The van der Waals surface area contributed by atoms with Gasteiger partial charge in [0.15, 0.2) is 0 Å². The van der Waals surface area contributed by atoms with E-state index >= 15 is 0 Å². The Hall–Kier alpha value is -2.55. The molecule has 0 aromatic heterocycles. The Labute approximate surface area is 202 Å². The maximum absolute atomic E-state index is 12.6. The summed E-state index contributed by atoms with van der Waals surface area (Å²) in [6.07, 6.45) is 8.49. The molecule has 8 nitrogen and oxygen atoms in total. The van der Waals surface area contributed by atoms with Crippen LogP contribution in [-0.4, -0.2) is 44.1 Å². The fourth-order valence-corrected chi connectivity index (χ4v) is 5.89. The molecule has 1 saturated heterocycles. The third-order valence-electron chi connectivity index (χ3n) is 6.67. The lowest BCUT2D eigenvalue weighted by Crippen LogP contribution is -2.41. The lowest BCUT2D eigenvalue weighted by Gasteiger charge is -2.32. The molecule has 4 rings (SSSR count). The van der Waals surface area contributed by atoms with Crippen LogP contribution < -0.4 is 10.0 Å². The summed E-state index contributed by atoms with van der Waals surface area (Å²) in [6.45, 7) is 6.48. The van der Waals surface area contributed by atoms with Crippen molar-refractivity contribution in [2.24, 2.45) is 5.92 Å². The van der Waals surface area contributed by atoms with Crippen molar-refractivity contribution >= 4 is 27.8 Å². The molecule has 0 unspecified atom stereocenters. The van der Waals surface area contributed by atoms with Crippen LogP contribution in [0.15, 0.2) is 17.6 Å². The highest BCUT2D eigenvalue weighted by Crippen LogP contribution is 2.38. The number of piperidine rings is 1. The van der Waals surface area contributed by atoms with E-state index in [2.05, 4.69) is 16.1 Å². The van der Waals surface area contributed by atoms with Crippen LogP contribution in [0.25, 0.3) is 0 Å². The van der Waals surface area contributed by atoms with Crippen LogP contribution in [0.4, 0.5) is 15.3 Å². The van der Waals surface area contributed by atoms with Crippen LogP contribution in [0.1, 0.15) is 68.7 Å². The van der Waals surface area contributed by atoms with Gasteiger partial charge in [-0.15, -0.1) is 0 Å². The number of hydrogen-bond acceptors (Lipinski definition) is 5. The first-order chi connectivity index (χ1) is 16.0. The second-order valence-electron chi connectivity index (χ2n) is 10.5. The molecular formula is C25H35N3O5S. The van der Waals surface area contributed by atoms with E-state index in [1.807, 2.05) is 20.8 Å². The molecule has 0 radical (unpaired) electrons. The van der Waals surface area contributed by atoms with E-state index in [9.17, 15) is 18.0 Å². The number of allylic oxidation sites excluding steroid dienone is 1. The summed E-state index contributed by atoms with van der Waals surface area (Å²) >= 11 is 0. The van der Waals surface area contributed by atoms with Gasteiger partial charge >= 0.3 is 12.1 Å². The molecule has 1 heterocycles. The molecule has 2 N–H and O–H groups in total. The van der Waals surface area contributed by atoms with Crippen LogP contribution >= 0.6 is 0 Å². The van der Waals surface area contributed by atoms with Crippen molar-refractivity contribution in [2.45, 2.75) is 77.7 Å². The molecule has 1 aromatic carbocycles. The monoisotopic (exact) mass is 489 g/mol. The van der Waals surface area contributed by atoms with E-state index in [1.54, 1.807) is 11.0 Å². The van der Waals surface area contributed by atoms with Crippen molar-refractivity contribution < 1.29 is 22.7 Å². The van der Waals surface area contributed by atoms with Crippen molar-refractivity contribution in [3.63, 3.8) is 0 Å². The highest BCUT2D eigenvalue weighted by molar-refractivity contribution is 7.92. The average molecular weight is 490 g/mol. The molecule has 1 fully saturated rings. The second-order valence-corrected chi connectivity index (χ2v) is 12.0. The average Bonchev–Trinajstić information content (AvgIpc) is 3.40. The number of urea groups is 1. The predicted octanol–water partition coefficient (Wildman–Crippen LogP) is 4.28. The van der Waals surface area contributed by atoms with Gasteiger partial charge in [0.25, 0.3) is 10.0 Å². The maximum Gasteiger partial charge on any atom is 0.410 e. The number of fused-ring (bicyclic) bond motifs is 2. The number of hydrogen-bond donors (Lipinski definition) is 2. The van der Waals surface area contributed by atoms with E-state index in [4.69, 9.17) is 4.74 Å². The number of carbonyl (C=O) groups is 2. The van der Waals surface area contributed by atoms with Gasteiger partial charge in [-0.2, -0.15) is 0 Å². The number of ether oxygens (including phenoxy) is 1. The van der Waals surface area contributed by atoms with Crippen molar-refractivity contribution in [1.29, 1.82) is 0 Å². The van der Waals surface area contributed by atoms with Crippen LogP contribution in [0.2, 0.25) is 0 Å². The van der Waals surface area contributed by atoms with Gasteiger partial charge in [-0.3, -0.25) is 0 Å². The van der Waals surface area contributed by atoms with Gasteiger partial charge in [-0.25, -0.2) is 22.7 Å². The second kappa shape index (κ2) is 9.60. The Morgan fingerprint density at radius 2 is 1.62 bits per heavy atom. The number of nitrogens with one attached hydrogen (secondary N) is 2. The topological polar surface area (TPSA) is 105 Å². The standard InChI is InChI=1S/C25H35N3O5S/c1-25(2,3)33-24(30)28-13-10-17(11-14-28)12-15-34(31,32)27-23(29)26-22-20-8-4-6-18(20)16-19-7-5-9-21(19)22/h12,15-17H,4-11,13-14H2,1-3H3,(H2,26,27,29). The van der Waals surface area contributed by atoms with Crippen molar-refractivity contribution in [3.05, 3.63) is 39.8 Å². The number of anilines is 1. The minimum absolute atomic E-state index is 0.0129. The third kappa shape index (κ3) is 5.92. The molecule has 0 atom stereocenters. The van der Waals surface area contributed by atoms with Crippen LogP contribution in [0.3, 0.4) is 0 Å². The van der Waals surface area contributed by atoms with Crippen LogP contribution in [0, 0.1) is 5.92 Å². The molecule has 3 aliphatic rings. The van der Waals surface area contributed by atoms with Gasteiger partial charge in [-0.05, 0) is 100 Å². The third-order valence-corrected chi connectivity index (χ3v) is 7.65. The number of rotatable bonds is 4. The molecule has 34 heavy (non-hydrogen) atoms. The van der Waals surface area contributed by atoms with Crippen molar-refractivity contribution in [1.82, 2.24) is 9.62 Å². The first kappa shape index (κ1) is 24.6. The predicted molar refractivity (Wildman–Crippen MR) is 131 cm³/mol. The Balaban J connectivity index is 1.32. The smallest absolute Gasteiger partial charge is 0.410 e. The Bertz CT molecular complexity index is 1060. The lowest BCUT2D eigenvalue weighted by molar-refractivity contribution is 0.0197. The molecule has 1 aromatic rings. The van der Waals surface area contributed by atoms with E-state index in [-0.39, 0.29) is 12.0 Å². The molecule has 186 valence electrons. The van der Waals surface area contributed by atoms with E-state index < -0.39 is 21.7 Å². The van der Waals surface area contributed by atoms with Gasteiger partial charge in [0.05, 0.1) is 0 Å². The first-order valence-electron chi connectivity index (χ1n) is 12.2. The van der Waals surface area contributed by atoms with Crippen LogP contribution in [-0.2, 0) is 40.4 Å². The quantitative estimate of drug-likeness (QED) is 0.657. The number of benzene rings is 1. The van der Waals surface area contributed by atoms with Gasteiger partial charge in [0, 0.05) is 24.2 Å². The number of sulfonamides is 1. The molecule has 0 bridgehead atoms. The number of likely N-dealkylation sites (tertiary alicyclic amines) is 1. The number of carbonyl (C=O) groups excluding carboxylic acids is 2. The summed E-state index contributed by atoms with van der Waals surface area (Å²) in [4.78, 5) is 26.4. The fraction of sp³-hybridized carbons (Fsp3) is 0.600. The van der Waals surface area contributed by atoms with E-state index in [0.717, 1.165) is 60.7 Å². The Morgan fingerprint density at radius 1 is 1.03 bits per heavy atom. The molecular weight excluding hydrogens is 454 g/mol. The number of amides is 3. The summed E-state index contributed by atoms with van der Waals surface area (Å²) in [6, 6.07) is 1.54. The SMILES string of the molecule is CC(C)(C)OC(=O)N1CCC(C=CS(=O)(=O)NC(=O)Nc2c3c(cc4c2CCC4)CCC3)CC1. The van der Waals surface area contributed by atoms with E-state index in [0.29, 0.717) is 25.9 Å². The minimum atomic E-state index is -3.93. The van der Waals surface area contributed by atoms with Gasteiger partial charge in [-0.1, -0.05) is 12.1 Å². The highest BCUT2D eigenvalue weighted by Gasteiger charge is 2.27. The zero-order valence-electron chi connectivity index (χ0n) is 20.3. The molecule has 1 aliphatic heterocycles. The molecule has 0 saturated carbocycles. The number of aryl methyl sites for hydroxylation is 2. The Morgan fingerprint density at radius 3 is 2.18 bits per heavy atom. The van der Waals surface area contributed by atoms with E-state index in [1.165, 1.54) is 11.1 Å². The summed E-state index contributed by atoms with van der Waals surface area (Å²) in [5.41, 5.74) is 5.12. The number of nitrogens with zero attached hydrogens (tertiary/aromatic N) is 1. The van der Waals surface area contributed by atoms with Gasteiger partial charge in [0.1, 0.15) is 5.60 Å². The van der Waals surface area contributed by atoms with Crippen LogP contribution in [0.5, 0.6) is 0 Å². The molecule has 2 aliphatic carbocycles. The molecule has 3 amide bonds. The highest BCUT2D eigenvalue weighted by atomic mass is 32.2. The summed E-state index contributed by atoms with van der Waals surface area (Å²) in [7, 11) is -3.93. The van der Waals surface area contributed by atoms with Crippen molar-refractivity contribution in [3.8, 4) is 0 Å². The van der Waals surface area contributed by atoms with Gasteiger partial charge in [0.2, 0.25) is 0 Å². The van der Waals surface area contributed by atoms with Gasteiger partial charge < -0.3 is 15.0 Å². The lowest BCUT2D eigenvalue weighted by atomic mass is 9.97. The fourth-order valence-electron chi connectivity index (χ4n) is 5.08. The summed E-state index contributed by atoms with van der Waals surface area (Å²) in [5, 5.41) is 3.92. The summed E-state index contributed by atoms with van der Waals surface area (Å²) < 4.78 is 32.6. The maximum atomic E-state index is 12.6.